The first-order valence-corrected chi connectivity index (χ1v) is 32.5. The molecule has 0 amide bonds. The number of hydrogen-bond acceptors (Lipinski definition) is 4. The third kappa shape index (κ3) is 8.45. The molecular weight excluding hydrogens is 1260 g/mol. The number of pyridine rings is 1. The van der Waals surface area contributed by atoms with E-state index in [1.807, 2.05) is 12.1 Å². The fraction of sp³-hybridized carbons (Fsp3) is 0.277. The van der Waals surface area contributed by atoms with Crippen LogP contribution in [0.3, 0.4) is 0 Å². The van der Waals surface area contributed by atoms with Gasteiger partial charge >= 0.3 is 0 Å². The summed E-state index contributed by atoms with van der Waals surface area (Å²) in [6.07, 6.45) is 10.6. The number of nitrogens with zero attached hydrogens (tertiary/aromatic N) is 4. The maximum absolute atomic E-state index is 6.90. The fourth-order valence-corrected chi connectivity index (χ4v) is 18.6. The van der Waals surface area contributed by atoms with Gasteiger partial charge in [0, 0.05) is 90.6 Å². The van der Waals surface area contributed by atoms with Crippen LogP contribution in [0.2, 0.25) is 0 Å². The zero-order valence-electron chi connectivity index (χ0n) is 51.8. The summed E-state index contributed by atoms with van der Waals surface area (Å²) in [5.74, 6) is 5.32. The Morgan fingerprint density at radius 1 is 0.506 bits per heavy atom. The van der Waals surface area contributed by atoms with E-state index in [-0.39, 0.29) is 55.6 Å². The molecule has 3 heterocycles. The second kappa shape index (κ2) is 20.0. The summed E-state index contributed by atoms with van der Waals surface area (Å²) in [6, 6.07) is 78.9. The Balaban J connectivity index is 0.00000612. The average molecular weight is 1340 g/mol. The quantitative estimate of drug-likeness (QED) is 0.149. The van der Waals surface area contributed by atoms with Gasteiger partial charge in [-0.25, -0.2) is 4.98 Å². The van der Waals surface area contributed by atoms with Gasteiger partial charge in [-0.05, 0) is 187 Å². The minimum absolute atomic E-state index is 0. The topological polar surface area (TPSA) is 33.5 Å². The number of ether oxygens (including phenoxy) is 1. The van der Waals surface area contributed by atoms with Crippen molar-refractivity contribution >= 4 is 44.6 Å². The minimum Gasteiger partial charge on any atom is -0.509 e. The molecule has 0 saturated heterocycles. The Morgan fingerprint density at radius 2 is 1.09 bits per heavy atom. The first kappa shape index (κ1) is 55.1. The Hall–Kier alpha value is -7.98. The Morgan fingerprint density at radius 3 is 1.75 bits per heavy atom. The fourth-order valence-electron chi connectivity index (χ4n) is 18.6. The number of hydrogen-bond donors (Lipinski definition) is 0. The molecule has 2 unspecified atom stereocenters. The third-order valence-electron chi connectivity index (χ3n) is 22.2. The van der Waals surface area contributed by atoms with Crippen LogP contribution in [0.25, 0.3) is 38.8 Å². The Bertz CT molecular complexity index is 4630. The summed E-state index contributed by atoms with van der Waals surface area (Å²) in [7, 11) is 0. The van der Waals surface area contributed by atoms with Crippen molar-refractivity contribution < 1.29 is 25.8 Å². The van der Waals surface area contributed by atoms with Gasteiger partial charge in [0.15, 0.2) is 0 Å². The van der Waals surface area contributed by atoms with Crippen LogP contribution in [-0.2, 0) is 37.3 Å². The van der Waals surface area contributed by atoms with Crippen molar-refractivity contribution in [2.75, 3.05) is 9.80 Å². The summed E-state index contributed by atoms with van der Waals surface area (Å²) in [5.41, 5.74) is 26.2. The van der Waals surface area contributed by atoms with Crippen LogP contribution in [0.1, 0.15) is 171 Å². The number of rotatable bonds is 7. The van der Waals surface area contributed by atoms with Crippen molar-refractivity contribution in [3.63, 3.8) is 0 Å². The molecule has 4 saturated carbocycles. The molecule has 10 aliphatic carbocycles. The molecule has 2 aromatic heterocycles. The van der Waals surface area contributed by atoms with Crippen LogP contribution in [0.15, 0.2) is 194 Å². The summed E-state index contributed by atoms with van der Waals surface area (Å²) >= 11 is 0. The zero-order valence-corrected chi connectivity index (χ0v) is 54.1. The van der Waals surface area contributed by atoms with Crippen LogP contribution in [0.4, 0.5) is 22.7 Å². The largest absolute Gasteiger partial charge is 0.509 e. The molecule has 11 aliphatic rings. The number of benzene rings is 9. The number of para-hydroxylation sites is 3. The van der Waals surface area contributed by atoms with Crippen LogP contribution in [0, 0.1) is 43.5 Å². The molecular formula is C83H73N4OPt-3. The minimum atomic E-state index is -0.119. The molecule has 4 fully saturated rings. The zero-order chi connectivity index (χ0) is 59.1. The molecule has 0 spiro atoms. The van der Waals surface area contributed by atoms with Crippen LogP contribution < -0.4 is 14.5 Å². The maximum Gasteiger partial charge on any atom is 0.135 e. The first-order valence-electron chi connectivity index (χ1n) is 32.5. The Labute approximate surface area is 539 Å². The monoisotopic (exact) mass is 1340 g/mol. The number of anilines is 4. The first-order chi connectivity index (χ1) is 42.7. The molecule has 444 valence electrons. The van der Waals surface area contributed by atoms with Gasteiger partial charge in [0.2, 0.25) is 0 Å². The predicted octanol–water partition coefficient (Wildman–Crippen LogP) is 20.9. The summed E-state index contributed by atoms with van der Waals surface area (Å²) in [6.45, 7) is 18.7. The van der Waals surface area contributed by atoms with E-state index in [2.05, 4.69) is 264 Å². The molecule has 0 radical (unpaired) electrons. The molecule has 5 nitrogen and oxygen atoms in total. The summed E-state index contributed by atoms with van der Waals surface area (Å²) < 4.78 is 9.15. The second-order valence-corrected chi connectivity index (χ2v) is 29.4. The smallest absolute Gasteiger partial charge is 0.135 e. The van der Waals surface area contributed by atoms with Crippen molar-refractivity contribution in [1.29, 1.82) is 0 Å². The van der Waals surface area contributed by atoms with Crippen molar-refractivity contribution in [3.8, 4) is 28.4 Å². The maximum atomic E-state index is 6.90. The van der Waals surface area contributed by atoms with E-state index < -0.39 is 0 Å². The molecule has 0 N–H and O–H groups in total. The molecule has 1 aliphatic heterocycles. The van der Waals surface area contributed by atoms with Crippen LogP contribution in [-0.4, -0.2) is 9.55 Å². The van der Waals surface area contributed by atoms with Gasteiger partial charge < -0.3 is 19.1 Å². The third-order valence-corrected chi connectivity index (χ3v) is 22.2. The molecule has 89 heavy (non-hydrogen) atoms. The molecule has 6 heteroatoms. The van der Waals surface area contributed by atoms with E-state index in [9.17, 15) is 0 Å². The van der Waals surface area contributed by atoms with Crippen LogP contribution in [0.5, 0.6) is 11.5 Å². The molecule has 2 atom stereocenters. The van der Waals surface area contributed by atoms with Crippen molar-refractivity contribution in [2.45, 2.75) is 127 Å². The molecule has 22 rings (SSSR count). The van der Waals surface area contributed by atoms with E-state index in [1.54, 1.807) is 5.56 Å². The normalized spacial score (nSPS) is 23.2. The summed E-state index contributed by atoms with van der Waals surface area (Å²) in [5, 5.41) is 2.25. The van der Waals surface area contributed by atoms with Gasteiger partial charge in [0.1, 0.15) is 5.82 Å². The number of aromatic nitrogens is 2. The van der Waals surface area contributed by atoms with Crippen molar-refractivity contribution in [2.24, 2.45) is 17.8 Å². The average Bonchev–Trinajstić information content (AvgIpc) is 0.915. The van der Waals surface area contributed by atoms with Crippen molar-refractivity contribution in [1.82, 2.24) is 9.55 Å². The second-order valence-electron chi connectivity index (χ2n) is 29.4. The molecule has 8 bridgehead atoms. The molecule has 11 aromatic rings. The van der Waals surface area contributed by atoms with E-state index in [0.29, 0.717) is 16.9 Å². The standard InChI is InChI=1S/C83H73N4O.Pt/c1-49-35-75(84-47-69(49)53-27-29-54(30-28-53)83-44-50-36-51(45-83)38-52(37-50)46-83)87-70-24-13-12-19-60(70)61-34-32-59(43-73(61)87)88-58-18-16-17-57(42-58)85-48-86(72-26-15-14-25-71(72)85)74-41-56(82(5,6)7)40-68-78-66-33-31-55(81(2,3)4)39-67(66)80(79(68)74)77-64-22-10-8-20-62(64)76(78)63-21-9-11-23-65(63)77;/h8-35,39-41,47-48,50-52,76-78,80H,36-38,44-46H2,1-7H3;/q-3;. The summed E-state index contributed by atoms with van der Waals surface area (Å²) in [4.78, 5) is 10.1. The number of fused-ring (bicyclic) bond motifs is 4. The van der Waals surface area contributed by atoms with Gasteiger partial charge in [-0.2, -0.15) is 12.1 Å². The Kier molecular flexibility index (Phi) is 12.4. The van der Waals surface area contributed by atoms with E-state index in [0.717, 1.165) is 62.4 Å². The van der Waals surface area contributed by atoms with E-state index in [4.69, 9.17) is 9.72 Å². The number of aryl methyl sites for hydroxylation is 1. The van der Waals surface area contributed by atoms with Gasteiger partial charge in [0.05, 0.1) is 0 Å². The van der Waals surface area contributed by atoms with E-state index in [1.165, 1.54) is 117 Å². The molecule has 9 aromatic carbocycles. The van der Waals surface area contributed by atoms with Gasteiger partial charge in [0.25, 0.3) is 0 Å². The SMILES string of the molecule is Cc1cc(-n2c3[c-]c(Oc4[c-]c(N5[CH-]N(c6cc(C(C)(C)C)cc7c6C6c8cc(C(C)(C)C)ccc8C7C7c8ccccc8C6c6ccccc67)c6ccccc65)ccc4)ccc3c3ccccc32)ncc1-c1ccc(C23CC4CC(CC(C4)C2)C3)cc1.[Pt]. The predicted molar refractivity (Wildman–Crippen MR) is 358 cm³/mol. The van der Waals surface area contributed by atoms with E-state index >= 15 is 0 Å². The van der Waals surface area contributed by atoms with Gasteiger partial charge in [-0.3, -0.25) is 0 Å². The van der Waals surface area contributed by atoms with Gasteiger partial charge in [-0.1, -0.05) is 174 Å². The van der Waals surface area contributed by atoms with Gasteiger partial charge in [-0.15, -0.1) is 48.1 Å². The van der Waals surface area contributed by atoms with Crippen LogP contribution >= 0.6 is 0 Å². The van der Waals surface area contributed by atoms with Crippen molar-refractivity contribution in [3.05, 3.63) is 280 Å².